The van der Waals surface area contributed by atoms with Crippen LogP contribution in [0.25, 0.3) is 0 Å². The van der Waals surface area contributed by atoms with Crippen LogP contribution in [0.5, 0.6) is 0 Å². The van der Waals surface area contributed by atoms with Gasteiger partial charge in [0.25, 0.3) is 0 Å². The molecule has 0 aromatic carbocycles. The van der Waals surface area contributed by atoms with Crippen LogP contribution in [-0.4, -0.2) is 29.2 Å². The van der Waals surface area contributed by atoms with Crippen LogP contribution in [0.3, 0.4) is 0 Å². The van der Waals surface area contributed by atoms with E-state index in [9.17, 15) is 9.59 Å². The van der Waals surface area contributed by atoms with E-state index in [0.717, 1.165) is 0 Å². The van der Waals surface area contributed by atoms with Gasteiger partial charge >= 0.3 is 11.9 Å². The van der Waals surface area contributed by atoms with E-state index in [1.165, 1.54) is 0 Å². The van der Waals surface area contributed by atoms with Crippen LogP contribution >= 0.6 is 0 Å². The molecule has 0 bridgehead atoms. The van der Waals surface area contributed by atoms with Crippen molar-refractivity contribution < 1.29 is 19.1 Å². The molecule has 19 heavy (non-hydrogen) atoms. The van der Waals surface area contributed by atoms with Gasteiger partial charge in [0.2, 0.25) is 0 Å². The van der Waals surface area contributed by atoms with Crippen molar-refractivity contribution in [2.75, 3.05) is 0 Å². The molecule has 0 saturated carbocycles. The second-order valence-electron chi connectivity index (χ2n) is 6.27. The van der Waals surface area contributed by atoms with Crippen LogP contribution < -0.4 is 11.9 Å². The van der Waals surface area contributed by atoms with Crippen LogP contribution in [0.4, 0.5) is 0 Å². The molecule has 0 fully saturated rings. The zero-order valence-corrected chi connectivity index (χ0v) is 12.9. The molecule has 0 spiro atoms. The van der Waals surface area contributed by atoms with Crippen molar-refractivity contribution in [1.29, 1.82) is 0 Å². The summed E-state index contributed by atoms with van der Waals surface area (Å²) in [6.45, 7) is 10.7. The van der Waals surface area contributed by atoms with Gasteiger partial charge in [-0.25, -0.2) is 0 Å². The summed E-state index contributed by atoms with van der Waals surface area (Å²) in [5.41, 5.74) is 4.56. The monoisotopic (exact) mass is 276 g/mol. The highest BCUT2D eigenvalue weighted by molar-refractivity contribution is 5.77. The number of hydrogen-bond donors (Lipinski definition) is 2. The summed E-state index contributed by atoms with van der Waals surface area (Å²) in [5.74, 6) is -0.854. The number of carbonyl (C=O) groups excluding carboxylic acids is 2. The van der Waals surface area contributed by atoms with E-state index >= 15 is 0 Å². The van der Waals surface area contributed by atoms with E-state index in [1.54, 1.807) is 41.5 Å². The van der Waals surface area contributed by atoms with Gasteiger partial charge in [0.05, 0.1) is 0 Å². The van der Waals surface area contributed by atoms with Crippen LogP contribution in [-0.2, 0) is 19.1 Å². The second kappa shape index (κ2) is 7.45. The summed E-state index contributed by atoms with van der Waals surface area (Å²) in [5, 5.41) is 0. The Bertz CT molecular complexity index is 303. The minimum absolute atomic E-state index is 0. The zero-order valence-electron chi connectivity index (χ0n) is 12.9. The maximum Gasteiger partial charge on any atom is 0.323 e. The Balaban J connectivity index is 0. The van der Waals surface area contributed by atoms with Crippen molar-refractivity contribution in [3.8, 4) is 0 Å². The van der Waals surface area contributed by atoms with Gasteiger partial charge in [0.15, 0.2) is 0 Å². The lowest BCUT2D eigenvalue weighted by atomic mass is 10.1. The quantitative estimate of drug-likeness (QED) is 0.758. The van der Waals surface area contributed by atoms with E-state index in [-0.39, 0.29) is 25.0 Å². The normalized spacial score (nSPS) is 13.2. The number of esters is 2. The van der Waals surface area contributed by atoms with Gasteiger partial charge in [-0.15, -0.1) is 0 Å². The average molecular weight is 276 g/mol. The highest BCUT2D eigenvalue weighted by Gasteiger charge is 2.24. The maximum absolute atomic E-state index is 11.6. The van der Waals surface area contributed by atoms with Crippen LogP contribution in [0.2, 0.25) is 0 Å². The Morgan fingerprint density at radius 3 is 1.79 bits per heavy atom. The van der Waals surface area contributed by atoms with Crippen molar-refractivity contribution in [3.63, 3.8) is 0 Å². The Morgan fingerprint density at radius 2 is 1.42 bits per heavy atom. The molecule has 0 aliphatic heterocycles. The van der Waals surface area contributed by atoms with Gasteiger partial charge in [-0.1, -0.05) is 0 Å². The van der Waals surface area contributed by atoms with Crippen molar-refractivity contribution in [1.82, 2.24) is 6.15 Å². The smallest absolute Gasteiger partial charge is 0.323 e. The molecule has 0 unspecified atom stereocenters. The van der Waals surface area contributed by atoms with Crippen molar-refractivity contribution in [2.24, 2.45) is 5.73 Å². The summed E-state index contributed by atoms with van der Waals surface area (Å²) in [7, 11) is 0. The molecule has 0 aliphatic carbocycles. The van der Waals surface area contributed by atoms with Crippen molar-refractivity contribution in [3.05, 3.63) is 0 Å². The standard InChI is InChI=1S/C13H25NO4.H3N/c1-12(2,3)17-10(15)8-7-9(14)11(16)18-13(4,5)6;/h9H,7-8,14H2,1-6H3;1H3/t9-;/m0./s1. The minimum Gasteiger partial charge on any atom is -0.460 e. The molecular weight excluding hydrogens is 248 g/mol. The first kappa shape index (κ1) is 20.2. The first-order valence-corrected chi connectivity index (χ1v) is 6.11. The van der Waals surface area contributed by atoms with E-state index in [0.29, 0.717) is 0 Å². The summed E-state index contributed by atoms with van der Waals surface area (Å²) >= 11 is 0. The molecule has 0 aliphatic rings. The molecule has 0 rings (SSSR count). The van der Waals surface area contributed by atoms with E-state index in [1.807, 2.05) is 0 Å². The first-order chi connectivity index (χ1) is 7.91. The molecule has 6 nitrogen and oxygen atoms in total. The topological polar surface area (TPSA) is 114 Å². The van der Waals surface area contributed by atoms with E-state index < -0.39 is 23.2 Å². The lowest BCUT2D eigenvalue weighted by Gasteiger charge is -2.22. The van der Waals surface area contributed by atoms with Crippen molar-refractivity contribution >= 4 is 11.9 Å². The van der Waals surface area contributed by atoms with Gasteiger partial charge in [-0.05, 0) is 48.0 Å². The van der Waals surface area contributed by atoms with E-state index in [4.69, 9.17) is 15.2 Å². The van der Waals surface area contributed by atoms with Gasteiger partial charge < -0.3 is 21.4 Å². The molecule has 1 atom stereocenters. The van der Waals surface area contributed by atoms with Gasteiger partial charge in [-0.3, -0.25) is 9.59 Å². The number of rotatable bonds is 4. The summed E-state index contributed by atoms with van der Waals surface area (Å²) < 4.78 is 10.2. The number of carbonyl (C=O) groups is 2. The van der Waals surface area contributed by atoms with Crippen LogP contribution in [0.1, 0.15) is 54.4 Å². The fourth-order valence-corrected chi connectivity index (χ4v) is 1.16. The summed E-state index contributed by atoms with van der Waals surface area (Å²) in [6, 6.07) is -0.795. The largest absolute Gasteiger partial charge is 0.460 e. The van der Waals surface area contributed by atoms with Gasteiger partial charge in [0, 0.05) is 6.42 Å². The highest BCUT2D eigenvalue weighted by atomic mass is 16.6. The summed E-state index contributed by atoms with van der Waals surface area (Å²) in [6.07, 6.45) is 0.335. The second-order valence-corrected chi connectivity index (χ2v) is 6.27. The predicted octanol–water partition coefficient (Wildman–Crippen LogP) is 1.94. The Morgan fingerprint density at radius 1 is 1.00 bits per heavy atom. The number of hydrogen-bond acceptors (Lipinski definition) is 6. The predicted molar refractivity (Wildman–Crippen MR) is 73.9 cm³/mol. The Hall–Kier alpha value is -1.14. The molecule has 0 heterocycles. The SMILES string of the molecule is CC(C)(C)OC(=O)CC[C@H](N)C(=O)OC(C)(C)C.N. The number of nitrogens with two attached hydrogens (primary N) is 1. The third kappa shape index (κ3) is 11.7. The van der Waals surface area contributed by atoms with Gasteiger partial charge in [-0.2, -0.15) is 0 Å². The molecule has 0 aromatic heterocycles. The molecule has 0 radical (unpaired) electrons. The molecule has 114 valence electrons. The third-order valence-corrected chi connectivity index (χ3v) is 1.79. The average Bonchev–Trinajstić information content (AvgIpc) is 2.08. The Kier molecular flexibility index (Phi) is 7.91. The number of ether oxygens (including phenoxy) is 2. The first-order valence-electron chi connectivity index (χ1n) is 6.11. The maximum atomic E-state index is 11.6. The fourth-order valence-electron chi connectivity index (χ4n) is 1.16. The van der Waals surface area contributed by atoms with E-state index in [2.05, 4.69) is 0 Å². The lowest BCUT2D eigenvalue weighted by Crippen LogP contribution is -2.38. The van der Waals surface area contributed by atoms with Crippen LogP contribution in [0, 0.1) is 0 Å². The third-order valence-electron chi connectivity index (χ3n) is 1.79. The molecule has 5 N–H and O–H groups in total. The highest BCUT2D eigenvalue weighted by Crippen LogP contribution is 2.12. The molecule has 6 heteroatoms. The fraction of sp³-hybridized carbons (Fsp3) is 0.846. The molecule has 0 amide bonds. The minimum atomic E-state index is -0.795. The lowest BCUT2D eigenvalue weighted by molar-refractivity contribution is -0.157. The summed E-state index contributed by atoms with van der Waals surface area (Å²) in [4.78, 5) is 23.0. The van der Waals surface area contributed by atoms with Crippen LogP contribution in [0.15, 0.2) is 0 Å². The zero-order chi connectivity index (χ0) is 14.6. The van der Waals surface area contributed by atoms with Crippen molar-refractivity contribution in [2.45, 2.75) is 71.6 Å². The molecule has 0 aromatic rings. The molecular formula is C13H28N2O4. The molecule has 0 saturated heterocycles. The Labute approximate surface area is 115 Å². The van der Waals surface area contributed by atoms with Gasteiger partial charge in [0.1, 0.15) is 17.2 Å².